The van der Waals surface area contributed by atoms with Gasteiger partial charge >= 0.3 is 0 Å². The highest BCUT2D eigenvalue weighted by Gasteiger charge is 2.10. The van der Waals surface area contributed by atoms with Gasteiger partial charge in [-0.05, 0) is 36.2 Å². The molecular formula is C11H10Cl2O2S. The highest BCUT2D eigenvalue weighted by molar-refractivity contribution is 8.04. The molecule has 0 amide bonds. The van der Waals surface area contributed by atoms with E-state index < -0.39 is 5.24 Å². The Morgan fingerprint density at radius 2 is 2.19 bits per heavy atom. The van der Waals surface area contributed by atoms with Crippen LogP contribution < -0.4 is 4.74 Å². The molecular weight excluding hydrogens is 267 g/mol. The van der Waals surface area contributed by atoms with Crippen LogP contribution in [0.2, 0.25) is 0 Å². The predicted octanol–water partition coefficient (Wildman–Crippen LogP) is 3.94. The minimum Gasteiger partial charge on any atom is -0.497 e. The number of aryl methyl sites for hydroxylation is 1. The van der Waals surface area contributed by atoms with Gasteiger partial charge in [0.2, 0.25) is 0 Å². The third-order valence-electron chi connectivity index (χ3n) is 1.91. The second-order valence-electron chi connectivity index (χ2n) is 2.98. The summed E-state index contributed by atoms with van der Waals surface area (Å²) >= 11 is 12.1. The van der Waals surface area contributed by atoms with E-state index in [1.54, 1.807) is 7.11 Å². The second kappa shape index (κ2) is 6.18. The largest absolute Gasteiger partial charge is 0.497 e. The Hall–Kier alpha value is -0.640. The number of carbonyl (C=O) groups excluding carboxylic acids is 1. The van der Waals surface area contributed by atoms with Crippen LogP contribution in [-0.2, 0) is 4.79 Å². The van der Waals surface area contributed by atoms with E-state index in [2.05, 4.69) is 0 Å². The van der Waals surface area contributed by atoms with Crippen molar-refractivity contribution in [1.82, 2.24) is 0 Å². The lowest BCUT2D eigenvalue weighted by molar-refractivity contribution is -0.107. The summed E-state index contributed by atoms with van der Waals surface area (Å²) < 4.78 is 5.10. The summed E-state index contributed by atoms with van der Waals surface area (Å²) in [5.74, 6) is 0.726. The molecule has 0 saturated heterocycles. The van der Waals surface area contributed by atoms with Crippen LogP contribution >= 0.6 is 35.0 Å². The molecule has 86 valence electrons. The smallest absolute Gasteiger partial charge is 0.259 e. The Morgan fingerprint density at radius 1 is 1.50 bits per heavy atom. The van der Waals surface area contributed by atoms with Crippen molar-refractivity contribution in [2.24, 2.45) is 0 Å². The van der Waals surface area contributed by atoms with E-state index in [0.717, 1.165) is 16.2 Å². The summed E-state index contributed by atoms with van der Waals surface area (Å²) in [5, 5.41) is -0.567. The fourth-order valence-corrected chi connectivity index (χ4v) is 2.27. The van der Waals surface area contributed by atoms with Crippen molar-refractivity contribution in [3.63, 3.8) is 0 Å². The van der Waals surface area contributed by atoms with E-state index in [4.69, 9.17) is 27.9 Å². The Bertz CT molecular complexity index is 430. The van der Waals surface area contributed by atoms with Crippen LogP contribution in [0.4, 0.5) is 0 Å². The molecule has 0 fully saturated rings. The molecule has 1 rings (SSSR count). The van der Waals surface area contributed by atoms with E-state index in [-0.39, 0.29) is 0 Å². The van der Waals surface area contributed by atoms with Crippen molar-refractivity contribution in [3.8, 4) is 5.75 Å². The zero-order valence-corrected chi connectivity index (χ0v) is 11.1. The van der Waals surface area contributed by atoms with Crippen molar-refractivity contribution in [2.75, 3.05) is 7.11 Å². The fraction of sp³-hybridized carbons (Fsp3) is 0.182. The van der Waals surface area contributed by atoms with Crippen molar-refractivity contribution < 1.29 is 9.53 Å². The number of benzene rings is 1. The second-order valence-corrected chi connectivity index (χ2v) is 4.63. The maximum atomic E-state index is 11.0. The van der Waals surface area contributed by atoms with Gasteiger partial charge in [0.15, 0.2) is 0 Å². The number of ether oxygens (including phenoxy) is 1. The number of allylic oxidation sites excluding steroid dienone is 1. The molecule has 2 nitrogen and oxygen atoms in total. The topological polar surface area (TPSA) is 26.3 Å². The molecule has 16 heavy (non-hydrogen) atoms. The number of halogens is 2. The molecule has 0 spiro atoms. The van der Waals surface area contributed by atoms with Crippen molar-refractivity contribution in [3.05, 3.63) is 34.2 Å². The number of hydrogen-bond acceptors (Lipinski definition) is 3. The van der Waals surface area contributed by atoms with Gasteiger partial charge in [-0.2, -0.15) is 0 Å². The van der Waals surface area contributed by atoms with Gasteiger partial charge in [0.05, 0.1) is 12.0 Å². The van der Waals surface area contributed by atoms with Crippen molar-refractivity contribution in [2.45, 2.75) is 11.8 Å². The molecule has 0 unspecified atom stereocenters. The first-order valence-electron chi connectivity index (χ1n) is 4.41. The number of methoxy groups -OCH3 is 1. The molecule has 0 heterocycles. The summed E-state index contributed by atoms with van der Waals surface area (Å²) in [6, 6.07) is 5.60. The quantitative estimate of drug-likeness (QED) is 0.473. The maximum absolute atomic E-state index is 11.0. The highest BCUT2D eigenvalue weighted by atomic mass is 35.5. The van der Waals surface area contributed by atoms with Gasteiger partial charge in [0.1, 0.15) is 5.75 Å². The fourth-order valence-electron chi connectivity index (χ4n) is 1.04. The van der Waals surface area contributed by atoms with Crippen LogP contribution in [0.25, 0.3) is 0 Å². The molecule has 0 bridgehead atoms. The molecule has 0 atom stereocenters. The molecule has 5 heteroatoms. The van der Waals surface area contributed by atoms with Crippen LogP contribution in [0.3, 0.4) is 0 Å². The van der Waals surface area contributed by atoms with Crippen molar-refractivity contribution in [1.29, 1.82) is 0 Å². The molecule has 0 radical (unpaired) electrons. The lowest BCUT2D eigenvalue weighted by Crippen LogP contribution is -1.90. The van der Waals surface area contributed by atoms with Crippen LogP contribution in [0.1, 0.15) is 5.56 Å². The zero-order valence-electron chi connectivity index (χ0n) is 8.79. The van der Waals surface area contributed by atoms with E-state index >= 15 is 0 Å². The van der Waals surface area contributed by atoms with E-state index in [0.29, 0.717) is 4.91 Å². The van der Waals surface area contributed by atoms with Gasteiger partial charge in [-0.1, -0.05) is 29.4 Å². The molecule has 0 aromatic heterocycles. The van der Waals surface area contributed by atoms with Crippen LogP contribution in [0, 0.1) is 6.92 Å². The van der Waals surface area contributed by atoms with Crippen LogP contribution in [0.5, 0.6) is 5.75 Å². The first-order chi connectivity index (χ1) is 7.58. The maximum Gasteiger partial charge on any atom is 0.259 e. The molecule has 0 N–H and O–H groups in total. The molecule has 0 aliphatic heterocycles. The van der Waals surface area contributed by atoms with Gasteiger partial charge in [-0.3, -0.25) is 4.79 Å². The first kappa shape index (κ1) is 13.4. The van der Waals surface area contributed by atoms with Gasteiger partial charge < -0.3 is 4.74 Å². The molecule has 1 aromatic rings. The van der Waals surface area contributed by atoms with Crippen LogP contribution in [-0.4, -0.2) is 12.4 Å². The standard InChI is InChI=1S/C11H10Cl2O2S/c1-7-3-4-8(15-2)5-9(7)16-10(6-12)11(13)14/h3-6H,1-2H3/b10-6+. The lowest BCUT2D eigenvalue weighted by atomic mass is 10.2. The van der Waals surface area contributed by atoms with E-state index in [1.165, 1.54) is 17.3 Å². The van der Waals surface area contributed by atoms with Gasteiger partial charge in [-0.25, -0.2) is 0 Å². The highest BCUT2D eigenvalue weighted by Crippen LogP contribution is 2.33. The average Bonchev–Trinajstić information content (AvgIpc) is 2.27. The van der Waals surface area contributed by atoms with Gasteiger partial charge in [0, 0.05) is 10.4 Å². The van der Waals surface area contributed by atoms with E-state index in [9.17, 15) is 4.79 Å². The normalized spacial score (nSPS) is 11.4. The van der Waals surface area contributed by atoms with Gasteiger partial charge in [0.25, 0.3) is 5.24 Å². The summed E-state index contributed by atoms with van der Waals surface area (Å²) in [7, 11) is 1.59. The monoisotopic (exact) mass is 276 g/mol. The van der Waals surface area contributed by atoms with E-state index in [1.807, 2.05) is 25.1 Å². The first-order valence-corrected chi connectivity index (χ1v) is 6.04. The Labute approximate surface area is 109 Å². The zero-order chi connectivity index (χ0) is 12.1. The number of carbonyl (C=O) groups is 1. The Kier molecular flexibility index (Phi) is 5.19. The molecule has 1 aromatic carbocycles. The summed E-state index contributed by atoms with van der Waals surface area (Å²) in [4.78, 5) is 12.2. The lowest BCUT2D eigenvalue weighted by Gasteiger charge is -2.07. The minimum absolute atomic E-state index is 0.291. The minimum atomic E-state index is -0.567. The third kappa shape index (κ3) is 3.44. The summed E-state index contributed by atoms with van der Waals surface area (Å²) in [5.41, 5.74) is 2.21. The van der Waals surface area contributed by atoms with Gasteiger partial charge in [-0.15, -0.1) is 0 Å². The third-order valence-corrected chi connectivity index (χ3v) is 3.75. The summed E-state index contributed by atoms with van der Waals surface area (Å²) in [6.45, 7) is 1.94. The average molecular weight is 277 g/mol. The number of hydrogen-bond donors (Lipinski definition) is 0. The number of thioether (sulfide) groups is 1. The summed E-state index contributed by atoms with van der Waals surface area (Å²) in [6.07, 6.45) is 0. The number of rotatable bonds is 4. The molecule has 0 aliphatic rings. The molecule has 0 saturated carbocycles. The van der Waals surface area contributed by atoms with Crippen molar-refractivity contribution >= 4 is 40.2 Å². The van der Waals surface area contributed by atoms with Crippen LogP contribution in [0.15, 0.2) is 33.5 Å². The Balaban J connectivity index is 3.00. The predicted molar refractivity (Wildman–Crippen MR) is 68.4 cm³/mol. The molecule has 0 aliphatic carbocycles. The Morgan fingerprint density at radius 3 is 2.69 bits per heavy atom. The SMILES string of the molecule is COc1ccc(C)c(S/C(=C/Cl)C(=O)Cl)c1.